The van der Waals surface area contributed by atoms with Crippen LogP contribution in [0, 0.1) is 20.8 Å². The van der Waals surface area contributed by atoms with E-state index in [1.165, 1.54) is 71.6 Å². The molecule has 0 saturated heterocycles. The summed E-state index contributed by atoms with van der Waals surface area (Å²) in [6, 6.07) is 38.1. The van der Waals surface area contributed by atoms with Gasteiger partial charge in [-0.3, -0.25) is 0 Å². The second-order valence-electron chi connectivity index (χ2n) is 13.7. The minimum absolute atomic E-state index is 0. The summed E-state index contributed by atoms with van der Waals surface area (Å²) in [4.78, 5) is 0. The maximum absolute atomic E-state index is 2.35. The Morgan fingerprint density at radius 1 is 0.652 bits per heavy atom. The van der Waals surface area contributed by atoms with Crippen molar-refractivity contribution < 1.29 is 48.1 Å². The van der Waals surface area contributed by atoms with Crippen LogP contribution in [0.2, 0.25) is 13.1 Å². The molecule has 0 aliphatic carbocycles. The van der Waals surface area contributed by atoms with E-state index in [0.717, 1.165) is 0 Å². The fourth-order valence-corrected chi connectivity index (χ4v) is 5.71. The van der Waals surface area contributed by atoms with Crippen molar-refractivity contribution in [1.29, 1.82) is 0 Å². The van der Waals surface area contributed by atoms with Crippen LogP contribution < -0.4 is 24.8 Å². The van der Waals surface area contributed by atoms with Crippen LogP contribution in [0.4, 0.5) is 0 Å². The number of fused-ring (bicyclic) bond motifs is 2. The van der Waals surface area contributed by atoms with Crippen molar-refractivity contribution >= 4 is 27.0 Å². The predicted molar refractivity (Wildman–Crippen MR) is 194 cm³/mol. The second kappa shape index (κ2) is 17.3. The summed E-state index contributed by atoms with van der Waals surface area (Å²) in [7, 11) is 0. The van der Waals surface area contributed by atoms with Crippen LogP contribution in [0.1, 0.15) is 68.4 Å². The Morgan fingerprint density at radius 3 is 1.83 bits per heavy atom. The molecule has 0 bridgehead atoms. The van der Waals surface area contributed by atoms with Crippen LogP contribution in [-0.2, 0) is 28.8 Å². The summed E-state index contributed by atoms with van der Waals surface area (Å²) < 4.78 is 0. The van der Waals surface area contributed by atoms with E-state index in [0.29, 0.717) is 5.92 Å². The molecule has 0 N–H and O–H groups in total. The number of aryl methyl sites for hydroxylation is 3. The summed E-state index contributed by atoms with van der Waals surface area (Å²) in [6.07, 6.45) is 0. The van der Waals surface area contributed by atoms with Crippen LogP contribution in [0.5, 0.6) is 0 Å². The van der Waals surface area contributed by atoms with Crippen molar-refractivity contribution in [3.63, 3.8) is 0 Å². The number of benzene rings is 4. The van der Waals surface area contributed by atoms with Gasteiger partial charge in [-0.05, 0) is 47.4 Å². The fourth-order valence-electron chi connectivity index (χ4n) is 5.71. The van der Waals surface area contributed by atoms with Crippen molar-refractivity contribution in [2.75, 3.05) is 0 Å². The smallest absolute Gasteiger partial charge is 0.0249 e. The van der Waals surface area contributed by atoms with E-state index in [1.54, 1.807) is 23.3 Å². The van der Waals surface area contributed by atoms with Gasteiger partial charge in [0.2, 0.25) is 0 Å². The van der Waals surface area contributed by atoms with Gasteiger partial charge in [-0.25, -0.2) is 0 Å². The van der Waals surface area contributed by atoms with E-state index in [2.05, 4.69) is 172 Å². The molecule has 0 aromatic heterocycles. The topological polar surface area (TPSA) is 0 Å². The van der Waals surface area contributed by atoms with Gasteiger partial charge in [0.25, 0.3) is 0 Å². The molecule has 0 aliphatic heterocycles. The monoisotopic (exact) mass is 740 g/mol. The average molecular weight is 743 g/mol. The summed E-state index contributed by atoms with van der Waals surface area (Å²) in [5, 5.41) is 5.44. The predicted octanol–water partition coefficient (Wildman–Crippen LogP) is 6.59. The molecule has 0 heterocycles. The Bertz CT molecular complexity index is 1880. The van der Waals surface area contributed by atoms with Crippen LogP contribution in [0.3, 0.4) is 0 Å². The number of hydrogen-bond acceptors (Lipinski definition) is 0. The average Bonchev–Trinajstić information content (AvgIpc) is 3.56. The first-order valence-corrected chi connectivity index (χ1v) is 22.0. The zero-order valence-corrected chi connectivity index (χ0v) is 34.1. The van der Waals surface area contributed by atoms with Crippen molar-refractivity contribution in [2.45, 2.75) is 79.8 Å². The zero-order valence-electron chi connectivity index (χ0n) is 29.1. The summed E-state index contributed by atoms with van der Waals surface area (Å²) in [6.45, 7) is 22.4. The molecule has 0 saturated carbocycles. The molecule has 0 unspecified atom stereocenters. The van der Waals surface area contributed by atoms with Gasteiger partial charge in [-0.1, -0.05) is 119 Å². The molecular formula is C42H48Cl2SiZr-2. The van der Waals surface area contributed by atoms with Gasteiger partial charge >= 0.3 is 41.9 Å². The van der Waals surface area contributed by atoms with Crippen molar-refractivity contribution in [3.05, 3.63) is 131 Å². The van der Waals surface area contributed by atoms with Crippen LogP contribution in [0.25, 0.3) is 43.8 Å². The van der Waals surface area contributed by atoms with Gasteiger partial charge in [0.1, 0.15) is 0 Å². The van der Waals surface area contributed by atoms with Crippen molar-refractivity contribution in [1.82, 2.24) is 0 Å². The molecule has 4 heteroatoms. The first kappa shape index (κ1) is 40.0. The normalized spacial score (nSPS) is 10.8. The van der Waals surface area contributed by atoms with Gasteiger partial charge in [-0.2, -0.15) is 12.1 Å². The molecule has 6 rings (SSSR count). The molecular weight excluding hydrogens is 695 g/mol. The Kier molecular flexibility index (Phi) is 15.0. The Morgan fingerprint density at radius 2 is 1.24 bits per heavy atom. The van der Waals surface area contributed by atoms with Gasteiger partial charge in [0, 0.05) is 0 Å². The molecule has 46 heavy (non-hydrogen) atoms. The third-order valence-electron chi connectivity index (χ3n) is 8.05. The summed E-state index contributed by atoms with van der Waals surface area (Å²) in [5.74, 6) is 0.573. The Labute approximate surface area is 306 Å². The molecule has 6 aromatic rings. The Balaban J connectivity index is 0.000000280. The number of rotatable bonds is 3. The molecule has 0 atom stereocenters. The first-order chi connectivity index (χ1) is 20.7. The third kappa shape index (κ3) is 10.1. The summed E-state index contributed by atoms with van der Waals surface area (Å²) >= 11 is 1.74. The quantitative estimate of drug-likeness (QED) is 0.142. The van der Waals surface area contributed by atoms with Crippen LogP contribution in [0.15, 0.2) is 103 Å². The van der Waals surface area contributed by atoms with Crippen molar-refractivity contribution in [2.24, 2.45) is 0 Å². The SMILES string of the molecule is CC(C)c1cc2c(-c3ccc(C(C)(C)C)cc3)cccc2[cH-]1.C[Si](C)=[Zr+2].Cc1cc(-c2ccccc2C)c2cc(C)[cH-]c2c1.[Cl-].[Cl-]. The fraction of sp³-hybridized carbons (Fsp3) is 0.286. The van der Waals surface area contributed by atoms with Crippen LogP contribution in [-0.4, -0.2) is 5.43 Å². The molecule has 0 radical (unpaired) electrons. The van der Waals surface area contributed by atoms with E-state index in [9.17, 15) is 0 Å². The standard InChI is InChI=1S/C22H25.C18H17.C2H6Si.2ClH.Zr/c1-15(2)18-13-17-7-6-8-20(21(17)14-18)16-9-11-19(12-10-16)22(3,4)5;1-12-8-15-9-13(2)11-18(17(15)10-12)16-7-5-4-6-14(16)3;1-3-2;;;/h6-15H,1-5H3;4-11H,1-3H3;1-2H3;2*1H;/q2*-1;;;;+2/p-2. The number of halogens is 2. The molecule has 240 valence electrons. The molecule has 0 spiro atoms. The van der Waals surface area contributed by atoms with E-state index < -0.39 is 0 Å². The van der Waals surface area contributed by atoms with Gasteiger partial charge in [0.15, 0.2) is 0 Å². The summed E-state index contributed by atoms with van der Waals surface area (Å²) in [5.41, 5.74) is 12.6. The van der Waals surface area contributed by atoms with Crippen LogP contribution >= 0.6 is 0 Å². The second-order valence-corrected chi connectivity index (χ2v) is 23.1. The van der Waals surface area contributed by atoms with Gasteiger partial charge < -0.3 is 24.8 Å². The van der Waals surface area contributed by atoms with Crippen molar-refractivity contribution in [3.8, 4) is 22.3 Å². The Hall–Kier alpha value is -2.22. The minimum Gasteiger partial charge on any atom is -1.00 e. The molecule has 6 aromatic carbocycles. The first-order valence-electron chi connectivity index (χ1n) is 15.8. The minimum atomic E-state index is 0. The zero-order chi connectivity index (χ0) is 32.2. The van der Waals surface area contributed by atoms with E-state index in [4.69, 9.17) is 0 Å². The molecule has 0 nitrogen and oxygen atoms in total. The molecule has 0 amide bonds. The van der Waals surface area contributed by atoms with Gasteiger partial charge in [0.05, 0.1) is 0 Å². The molecule has 0 fully saturated rings. The molecule has 0 aliphatic rings. The van der Waals surface area contributed by atoms with Gasteiger partial charge in [-0.15, -0.1) is 63.0 Å². The maximum atomic E-state index is 2.35. The maximum Gasteiger partial charge on any atom is -0.0249 e. The number of hydrogen-bond donors (Lipinski definition) is 0. The third-order valence-corrected chi connectivity index (χ3v) is 8.05. The van der Waals surface area contributed by atoms with E-state index in [1.807, 2.05) is 0 Å². The van der Waals surface area contributed by atoms with E-state index in [-0.39, 0.29) is 35.7 Å². The van der Waals surface area contributed by atoms with E-state index >= 15 is 0 Å². The largest absolute Gasteiger partial charge is 1.00 e.